The molecule has 0 bridgehead atoms. The zero-order valence-electron chi connectivity index (χ0n) is 18.6. The van der Waals surface area contributed by atoms with Crippen molar-refractivity contribution in [2.45, 2.75) is 31.5 Å². The third kappa shape index (κ3) is 4.22. The maximum Gasteiger partial charge on any atom is 0.326 e. The van der Waals surface area contributed by atoms with Gasteiger partial charge in [-0.05, 0) is 16.7 Å². The summed E-state index contributed by atoms with van der Waals surface area (Å²) in [5.74, 6) is -1.82. The summed E-state index contributed by atoms with van der Waals surface area (Å²) in [4.78, 5) is 32.3. The second kappa shape index (κ2) is 9.35. The molecule has 1 atom stereocenters. The number of nitrogens with zero attached hydrogens (tertiary/aromatic N) is 3. The molecular weight excluding hydrogens is 426 g/mol. The molecule has 0 saturated heterocycles. The molecule has 0 unspecified atom stereocenters. The smallest absolute Gasteiger partial charge is 0.326 e. The Bertz CT molecular complexity index is 1250. The lowest BCUT2D eigenvalue weighted by molar-refractivity contribution is -0.151. The van der Waals surface area contributed by atoms with Gasteiger partial charge < -0.3 is 14.6 Å². The maximum absolute atomic E-state index is 13.9. The molecule has 1 aliphatic heterocycles. The Kier molecular flexibility index (Phi) is 5.95. The molecule has 34 heavy (non-hydrogen) atoms. The van der Waals surface area contributed by atoms with Gasteiger partial charge in [0.15, 0.2) is 0 Å². The van der Waals surface area contributed by atoms with Crippen LogP contribution in [-0.2, 0) is 29.1 Å². The van der Waals surface area contributed by atoms with Crippen molar-refractivity contribution in [3.05, 3.63) is 125 Å². The van der Waals surface area contributed by atoms with Crippen molar-refractivity contribution in [1.82, 2.24) is 14.5 Å². The van der Waals surface area contributed by atoms with Gasteiger partial charge in [-0.1, -0.05) is 91.0 Å². The Morgan fingerprint density at radius 2 is 1.44 bits per heavy atom. The highest BCUT2D eigenvalue weighted by molar-refractivity contribution is 5.91. The first-order chi connectivity index (χ1) is 16.6. The van der Waals surface area contributed by atoms with Gasteiger partial charge in [0.05, 0.1) is 24.5 Å². The minimum Gasteiger partial charge on any atom is -0.480 e. The van der Waals surface area contributed by atoms with Crippen molar-refractivity contribution in [3.8, 4) is 0 Å². The second-order valence-corrected chi connectivity index (χ2v) is 8.53. The van der Waals surface area contributed by atoms with Crippen LogP contribution in [0.4, 0.5) is 0 Å². The van der Waals surface area contributed by atoms with Gasteiger partial charge in [0.25, 0.3) is 0 Å². The number of aliphatic carboxylic acids is 1. The normalized spacial score (nSPS) is 15.2. The van der Waals surface area contributed by atoms with Crippen LogP contribution in [0.3, 0.4) is 0 Å². The number of carbonyl (C=O) groups is 2. The molecule has 6 nitrogen and oxygen atoms in total. The summed E-state index contributed by atoms with van der Waals surface area (Å²) in [5.41, 5.74) is 4.41. The summed E-state index contributed by atoms with van der Waals surface area (Å²) in [7, 11) is 0. The van der Waals surface area contributed by atoms with Crippen LogP contribution in [0.15, 0.2) is 97.3 Å². The molecule has 0 saturated carbocycles. The second-order valence-electron chi connectivity index (χ2n) is 8.53. The molecule has 5 rings (SSSR count). The SMILES string of the molecule is O=C(O)[C@H]1Cc2c(ncn2Cc2ccccc2)CN1C(=O)C(c1ccccc1)c1ccccc1. The zero-order valence-corrected chi connectivity index (χ0v) is 18.6. The molecule has 0 radical (unpaired) electrons. The van der Waals surface area contributed by atoms with Crippen LogP contribution in [0.25, 0.3) is 0 Å². The van der Waals surface area contributed by atoms with E-state index in [0.717, 1.165) is 28.1 Å². The lowest BCUT2D eigenvalue weighted by atomic mass is 9.88. The van der Waals surface area contributed by atoms with Gasteiger partial charge in [-0.2, -0.15) is 0 Å². The van der Waals surface area contributed by atoms with E-state index in [1.165, 1.54) is 4.90 Å². The van der Waals surface area contributed by atoms with E-state index in [1.54, 1.807) is 6.33 Å². The van der Waals surface area contributed by atoms with E-state index in [0.29, 0.717) is 6.54 Å². The molecule has 1 aliphatic rings. The largest absolute Gasteiger partial charge is 0.480 e. The number of hydrogen-bond acceptors (Lipinski definition) is 3. The number of carboxylic acids is 1. The van der Waals surface area contributed by atoms with Crippen LogP contribution >= 0.6 is 0 Å². The summed E-state index contributed by atoms with van der Waals surface area (Å²) in [5, 5.41) is 10.1. The van der Waals surface area contributed by atoms with Crippen LogP contribution < -0.4 is 0 Å². The first-order valence-electron chi connectivity index (χ1n) is 11.3. The number of carboxylic acid groups (broad SMARTS) is 1. The van der Waals surface area contributed by atoms with E-state index in [4.69, 9.17) is 0 Å². The van der Waals surface area contributed by atoms with Crippen molar-refractivity contribution in [3.63, 3.8) is 0 Å². The maximum atomic E-state index is 13.9. The third-order valence-corrected chi connectivity index (χ3v) is 6.39. The quantitative estimate of drug-likeness (QED) is 0.479. The average Bonchev–Trinajstić information content (AvgIpc) is 3.27. The Morgan fingerprint density at radius 3 is 2.00 bits per heavy atom. The molecule has 4 aromatic rings. The molecule has 2 heterocycles. The fourth-order valence-electron chi connectivity index (χ4n) is 4.68. The number of hydrogen-bond donors (Lipinski definition) is 1. The van der Waals surface area contributed by atoms with Crippen molar-refractivity contribution in [2.75, 3.05) is 0 Å². The van der Waals surface area contributed by atoms with Gasteiger partial charge in [-0.25, -0.2) is 9.78 Å². The number of fused-ring (bicyclic) bond motifs is 1. The summed E-state index contributed by atoms with van der Waals surface area (Å²) in [6.07, 6.45) is 1.97. The van der Waals surface area contributed by atoms with Crippen LogP contribution in [0.2, 0.25) is 0 Å². The fourth-order valence-corrected chi connectivity index (χ4v) is 4.68. The lowest BCUT2D eigenvalue weighted by Gasteiger charge is -2.35. The topological polar surface area (TPSA) is 75.4 Å². The molecule has 3 aromatic carbocycles. The van der Waals surface area contributed by atoms with Gasteiger partial charge >= 0.3 is 5.97 Å². The average molecular weight is 452 g/mol. The van der Waals surface area contributed by atoms with Crippen LogP contribution in [0.1, 0.15) is 34.0 Å². The monoisotopic (exact) mass is 451 g/mol. The third-order valence-electron chi connectivity index (χ3n) is 6.39. The van der Waals surface area contributed by atoms with Gasteiger partial charge in [-0.3, -0.25) is 4.79 Å². The summed E-state index contributed by atoms with van der Waals surface area (Å²) < 4.78 is 1.99. The summed E-state index contributed by atoms with van der Waals surface area (Å²) in [6.45, 7) is 0.781. The molecule has 170 valence electrons. The number of aromatic nitrogens is 2. The van der Waals surface area contributed by atoms with E-state index in [-0.39, 0.29) is 18.9 Å². The van der Waals surface area contributed by atoms with Gasteiger partial charge in [0.1, 0.15) is 6.04 Å². The standard InChI is InChI=1S/C28H25N3O3/c32-27(26(21-12-6-2-7-13-21)22-14-8-3-9-15-22)31-18-23-24(16-25(31)28(33)34)30(19-29-23)17-20-10-4-1-5-11-20/h1-15,19,25-26H,16-18H2,(H,33,34)/t25-/m1/s1. The molecule has 1 N–H and O–H groups in total. The van der Waals surface area contributed by atoms with Crippen LogP contribution in [0.5, 0.6) is 0 Å². The van der Waals surface area contributed by atoms with E-state index >= 15 is 0 Å². The van der Waals surface area contributed by atoms with Crippen molar-refractivity contribution >= 4 is 11.9 Å². The first kappa shape index (κ1) is 21.6. The molecule has 6 heteroatoms. The van der Waals surface area contributed by atoms with E-state index in [9.17, 15) is 14.7 Å². The summed E-state index contributed by atoms with van der Waals surface area (Å²) >= 11 is 0. The first-order valence-corrected chi connectivity index (χ1v) is 11.3. The van der Waals surface area contributed by atoms with Gasteiger partial charge in [0.2, 0.25) is 5.91 Å². The number of benzene rings is 3. The highest BCUT2D eigenvalue weighted by atomic mass is 16.4. The Morgan fingerprint density at radius 1 is 0.882 bits per heavy atom. The van der Waals surface area contributed by atoms with Gasteiger partial charge in [0, 0.05) is 18.7 Å². The van der Waals surface area contributed by atoms with Gasteiger partial charge in [-0.15, -0.1) is 0 Å². The Labute approximate surface area is 198 Å². The number of rotatable bonds is 6. The van der Waals surface area contributed by atoms with E-state index < -0.39 is 17.9 Å². The highest BCUT2D eigenvalue weighted by Crippen LogP contribution is 2.31. The predicted octanol–water partition coefficient (Wildman–Crippen LogP) is 4.10. The van der Waals surface area contributed by atoms with Crippen molar-refractivity contribution < 1.29 is 14.7 Å². The number of amides is 1. The molecule has 0 spiro atoms. The molecular formula is C28H25N3O3. The lowest BCUT2D eigenvalue weighted by Crippen LogP contribution is -2.50. The fraction of sp³-hybridized carbons (Fsp3) is 0.179. The molecule has 1 aromatic heterocycles. The number of imidazole rings is 1. The Hall–Kier alpha value is -4.19. The van der Waals surface area contributed by atoms with Crippen LogP contribution in [-0.4, -0.2) is 37.5 Å². The van der Waals surface area contributed by atoms with E-state index in [1.807, 2.05) is 95.6 Å². The van der Waals surface area contributed by atoms with E-state index in [2.05, 4.69) is 4.98 Å². The van der Waals surface area contributed by atoms with Crippen molar-refractivity contribution in [1.29, 1.82) is 0 Å². The minimum atomic E-state index is -1.01. The predicted molar refractivity (Wildman–Crippen MR) is 128 cm³/mol. The summed E-state index contributed by atoms with van der Waals surface area (Å²) in [6, 6.07) is 28.1. The Balaban J connectivity index is 1.49. The minimum absolute atomic E-state index is 0.170. The zero-order chi connectivity index (χ0) is 23.5. The number of carbonyl (C=O) groups excluding carboxylic acids is 1. The molecule has 1 amide bonds. The van der Waals surface area contributed by atoms with Crippen molar-refractivity contribution in [2.24, 2.45) is 0 Å². The molecule has 0 fully saturated rings. The molecule has 0 aliphatic carbocycles. The van der Waals surface area contributed by atoms with Crippen LogP contribution in [0, 0.1) is 0 Å². The highest BCUT2D eigenvalue weighted by Gasteiger charge is 2.40.